The van der Waals surface area contributed by atoms with Crippen molar-refractivity contribution in [1.82, 2.24) is 10.2 Å². The van der Waals surface area contributed by atoms with Gasteiger partial charge in [-0.05, 0) is 61.1 Å². The van der Waals surface area contributed by atoms with Crippen molar-refractivity contribution in [3.8, 4) is 0 Å². The van der Waals surface area contributed by atoms with Crippen LogP contribution in [0.1, 0.15) is 43.4 Å². The number of Topliss-reactive ketones (excluding diaryl/α,β-unsaturated/α-hetero) is 1. The fourth-order valence-corrected chi connectivity index (χ4v) is 6.11. The zero-order valence-corrected chi connectivity index (χ0v) is 26.1. The summed E-state index contributed by atoms with van der Waals surface area (Å²) in [5, 5.41) is 2.72. The third kappa shape index (κ3) is 9.55. The number of thioether (sulfide) groups is 1. The lowest BCUT2D eigenvalue weighted by molar-refractivity contribution is -0.137. The van der Waals surface area contributed by atoms with Gasteiger partial charge >= 0.3 is 13.1 Å². The van der Waals surface area contributed by atoms with E-state index >= 15 is 0 Å². The molecule has 0 saturated carbocycles. The molecule has 14 heteroatoms. The van der Waals surface area contributed by atoms with Gasteiger partial charge in [0, 0.05) is 49.7 Å². The Morgan fingerprint density at radius 2 is 1.70 bits per heavy atom. The number of carbonyl (C=O) groups excluding carboxylic acids is 3. The van der Waals surface area contributed by atoms with Gasteiger partial charge in [-0.15, -0.1) is 11.8 Å². The van der Waals surface area contributed by atoms with Crippen LogP contribution in [0.2, 0.25) is 6.82 Å². The van der Waals surface area contributed by atoms with Gasteiger partial charge in [0.2, 0.25) is 11.8 Å². The van der Waals surface area contributed by atoms with Gasteiger partial charge in [0.15, 0.2) is 5.78 Å². The van der Waals surface area contributed by atoms with E-state index in [0.717, 1.165) is 40.5 Å². The van der Waals surface area contributed by atoms with Crippen molar-refractivity contribution in [2.75, 3.05) is 31.9 Å². The van der Waals surface area contributed by atoms with Gasteiger partial charge in [0.25, 0.3) is 0 Å². The van der Waals surface area contributed by atoms with E-state index in [1.165, 1.54) is 17.0 Å². The predicted molar refractivity (Wildman–Crippen MR) is 167 cm³/mol. The number of hydrogen-bond donors (Lipinski definition) is 4. The second-order valence-corrected chi connectivity index (χ2v) is 12.4. The van der Waals surface area contributed by atoms with Gasteiger partial charge in [-0.2, -0.15) is 13.2 Å². The van der Waals surface area contributed by atoms with Gasteiger partial charge in [0.05, 0.1) is 23.2 Å². The van der Waals surface area contributed by atoms with E-state index in [1.807, 2.05) is 38.9 Å². The first kappa shape index (κ1) is 35.6. The Bertz CT molecular complexity index is 1310. The minimum absolute atomic E-state index is 0.000761. The van der Waals surface area contributed by atoms with E-state index in [-0.39, 0.29) is 56.7 Å². The molecule has 0 aliphatic carbocycles. The summed E-state index contributed by atoms with van der Waals surface area (Å²) in [6, 6.07) is 8.27. The Morgan fingerprint density at radius 1 is 1.07 bits per heavy atom. The molecule has 240 valence electrons. The minimum atomic E-state index is -4.47. The Morgan fingerprint density at radius 3 is 2.30 bits per heavy atom. The summed E-state index contributed by atoms with van der Waals surface area (Å²) >= 11 is 1.15. The Balaban J connectivity index is 1.72. The van der Waals surface area contributed by atoms with Crippen molar-refractivity contribution >= 4 is 41.7 Å². The first-order valence-electron chi connectivity index (χ1n) is 14.5. The van der Waals surface area contributed by atoms with Gasteiger partial charge < -0.3 is 32.1 Å². The molecule has 2 amide bonds. The van der Waals surface area contributed by atoms with Crippen molar-refractivity contribution in [3.63, 3.8) is 0 Å². The molecule has 0 saturated heterocycles. The smallest absolute Gasteiger partial charge is 0.416 e. The maximum Gasteiger partial charge on any atom is 0.416 e. The molecule has 0 unspecified atom stereocenters. The van der Waals surface area contributed by atoms with Gasteiger partial charge in [-0.25, -0.2) is 0 Å². The predicted octanol–water partition coefficient (Wildman–Crippen LogP) is 2.04. The second kappa shape index (κ2) is 15.4. The molecule has 1 aliphatic heterocycles. The topological polar surface area (TPSA) is 154 Å². The quantitative estimate of drug-likeness (QED) is 0.171. The number of fused-ring (bicyclic) bond motifs is 1. The lowest BCUT2D eigenvalue weighted by Gasteiger charge is -2.23. The van der Waals surface area contributed by atoms with Crippen LogP contribution >= 0.6 is 11.8 Å². The molecular weight excluding hydrogens is 594 g/mol. The largest absolute Gasteiger partial charge is 0.422 e. The number of nitrogens with zero attached hydrogens (tertiary/aromatic N) is 1. The molecule has 1 heterocycles. The fraction of sp³-hybridized carbons (Fsp3) is 0.500. The van der Waals surface area contributed by atoms with Crippen LogP contribution in [0.25, 0.3) is 0 Å². The van der Waals surface area contributed by atoms with E-state index < -0.39 is 35.3 Å². The van der Waals surface area contributed by atoms with E-state index in [2.05, 4.69) is 5.32 Å². The molecule has 0 aromatic heterocycles. The van der Waals surface area contributed by atoms with Crippen molar-refractivity contribution in [3.05, 3.63) is 59.2 Å². The van der Waals surface area contributed by atoms with E-state index in [1.54, 1.807) is 0 Å². The molecule has 1 aliphatic rings. The highest BCUT2D eigenvalue weighted by Gasteiger charge is 2.38. The Labute approximate surface area is 260 Å². The van der Waals surface area contributed by atoms with Crippen LogP contribution in [0.3, 0.4) is 0 Å². The highest BCUT2D eigenvalue weighted by molar-refractivity contribution is 7.99. The minimum Gasteiger partial charge on any atom is -0.422 e. The van der Waals surface area contributed by atoms with Crippen molar-refractivity contribution in [1.29, 1.82) is 0 Å². The molecule has 9 nitrogen and oxygen atoms in total. The number of hydrogen-bond acceptors (Lipinski definition) is 8. The van der Waals surface area contributed by atoms with Crippen LogP contribution in [-0.2, 0) is 37.2 Å². The standard InChI is InChI=1S/C30H41BF3N5O4S/c1-29(2)22-9-4-19(16-23(22)31(3)43-29)17-26(40)25(18-44-21-7-5-20(6-8-21)30(32,33)34)38-28(42)24(37)10-11-27(41)39(14-12-35)15-13-36/h4-9,16,24-25H,10-15,17-18,35-37H2,1-3H3,(H,38,42)/t24-,25+/m0/s1. The van der Waals surface area contributed by atoms with Gasteiger partial charge in [-0.3, -0.25) is 14.4 Å². The van der Waals surface area contributed by atoms with E-state index in [0.29, 0.717) is 18.0 Å². The third-order valence-corrected chi connectivity index (χ3v) is 8.62. The fourth-order valence-electron chi connectivity index (χ4n) is 5.15. The van der Waals surface area contributed by atoms with Crippen LogP contribution in [0.5, 0.6) is 0 Å². The molecule has 2 aromatic rings. The van der Waals surface area contributed by atoms with Crippen molar-refractivity contribution < 1.29 is 32.2 Å². The first-order chi connectivity index (χ1) is 20.7. The molecule has 2 aromatic carbocycles. The van der Waals surface area contributed by atoms with E-state index in [9.17, 15) is 27.6 Å². The molecule has 0 bridgehead atoms. The van der Waals surface area contributed by atoms with Crippen molar-refractivity contribution in [2.24, 2.45) is 17.2 Å². The number of ketones is 1. The van der Waals surface area contributed by atoms with Crippen molar-refractivity contribution in [2.45, 2.75) is 68.7 Å². The average molecular weight is 636 g/mol. The lowest BCUT2D eigenvalue weighted by Crippen LogP contribution is -2.50. The highest BCUT2D eigenvalue weighted by Crippen LogP contribution is 2.32. The van der Waals surface area contributed by atoms with Crippen LogP contribution in [0.15, 0.2) is 47.4 Å². The van der Waals surface area contributed by atoms with Crippen LogP contribution in [-0.4, -0.2) is 73.4 Å². The Hall–Kier alpha value is -2.91. The molecular formula is C30H41BF3N5O4S. The summed E-state index contributed by atoms with van der Waals surface area (Å²) in [5.41, 5.74) is 18.8. The number of nitrogens with one attached hydrogen (secondary N) is 1. The molecule has 2 atom stereocenters. The summed E-state index contributed by atoms with van der Waals surface area (Å²) in [5.74, 6) is -1.05. The zero-order chi connectivity index (χ0) is 32.7. The maximum atomic E-state index is 13.6. The van der Waals surface area contributed by atoms with Crippen LogP contribution in [0.4, 0.5) is 13.2 Å². The van der Waals surface area contributed by atoms with Gasteiger partial charge in [-0.1, -0.05) is 25.0 Å². The molecule has 0 radical (unpaired) electrons. The second-order valence-electron chi connectivity index (χ2n) is 11.3. The number of nitrogens with two attached hydrogens (primary N) is 3. The monoisotopic (exact) mass is 635 g/mol. The summed E-state index contributed by atoms with van der Waals surface area (Å²) < 4.78 is 45.0. The first-order valence-corrected chi connectivity index (χ1v) is 15.5. The summed E-state index contributed by atoms with van der Waals surface area (Å²) in [7, 11) is 0. The molecule has 0 spiro atoms. The number of halogens is 3. The summed E-state index contributed by atoms with van der Waals surface area (Å²) in [6.07, 6.45) is -4.41. The number of amides is 2. The zero-order valence-electron chi connectivity index (χ0n) is 25.3. The SMILES string of the molecule is CB1OC(C)(C)c2ccc(CC(=O)[C@@H](CSc3ccc(C(F)(F)F)cc3)NC(=O)[C@@H](N)CCC(=O)N(CCN)CCN)cc21. The summed E-state index contributed by atoms with van der Waals surface area (Å²) in [6.45, 7) is 6.97. The average Bonchev–Trinajstić information content (AvgIpc) is 3.20. The van der Waals surface area contributed by atoms with Crippen LogP contribution in [0, 0.1) is 0 Å². The van der Waals surface area contributed by atoms with Crippen LogP contribution < -0.4 is 28.0 Å². The van der Waals surface area contributed by atoms with E-state index in [4.69, 9.17) is 21.9 Å². The van der Waals surface area contributed by atoms with Gasteiger partial charge in [0.1, 0.15) is 0 Å². The highest BCUT2D eigenvalue weighted by atomic mass is 32.2. The molecule has 7 N–H and O–H groups in total. The number of alkyl halides is 3. The number of carbonyl (C=O) groups is 3. The Kier molecular flexibility index (Phi) is 12.4. The maximum absolute atomic E-state index is 13.6. The number of rotatable bonds is 15. The number of benzene rings is 2. The molecule has 3 rings (SSSR count). The molecule has 44 heavy (non-hydrogen) atoms. The molecule has 0 fully saturated rings. The lowest BCUT2D eigenvalue weighted by atomic mass is 9.63. The normalized spacial score (nSPS) is 15.4. The summed E-state index contributed by atoms with van der Waals surface area (Å²) in [4.78, 5) is 41.2. The third-order valence-electron chi connectivity index (χ3n) is 7.51.